The van der Waals surface area contributed by atoms with E-state index in [-0.39, 0.29) is 12.5 Å². The van der Waals surface area contributed by atoms with Crippen molar-refractivity contribution in [1.29, 1.82) is 0 Å². The molecule has 2 aromatic rings. The minimum absolute atomic E-state index is 0.0753. The molecule has 0 aromatic heterocycles. The SMILES string of the molecule is CCCC(NC(=O)OCC1c2ccccc2-c2ccccc21)C(=O)N[C@H](C)C(=O)O. The van der Waals surface area contributed by atoms with Gasteiger partial charge in [0.05, 0.1) is 0 Å². The Morgan fingerprint density at radius 1 is 1.00 bits per heavy atom. The minimum Gasteiger partial charge on any atom is -0.480 e. The third kappa shape index (κ3) is 4.62. The molecule has 2 aromatic carbocycles. The largest absolute Gasteiger partial charge is 0.480 e. The molecule has 0 fully saturated rings. The summed E-state index contributed by atoms with van der Waals surface area (Å²) < 4.78 is 5.47. The molecule has 0 heterocycles. The molecule has 30 heavy (non-hydrogen) atoms. The van der Waals surface area contributed by atoms with Crippen molar-refractivity contribution in [3.63, 3.8) is 0 Å². The fourth-order valence-corrected chi connectivity index (χ4v) is 3.72. The molecule has 1 aliphatic rings. The number of alkyl carbamates (subject to hydrolysis) is 1. The molecule has 0 radical (unpaired) electrons. The molecule has 1 aliphatic carbocycles. The third-order valence-electron chi connectivity index (χ3n) is 5.26. The fraction of sp³-hybridized carbons (Fsp3) is 0.348. The Kier molecular flexibility index (Phi) is 6.72. The van der Waals surface area contributed by atoms with Crippen molar-refractivity contribution in [2.75, 3.05) is 6.61 Å². The monoisotopic (exact) mass is 410 g/mol. The highest BCUT2D eigenvalue weighted by Crippen LogP contribution is 2.44. The standard InChI is InChI=1S/C23H26N2O5/c1-3-8-20(21(26)24-14(2)22(27)28)25-23(29)30-13-19-17-11-6-4-9-15(17)16-10-5-7-12-18(16)19/h4-7,9-12,14,19-20H,3,8,13H2,1-2H3,(H,24,26)(H,25,29)(H,27,28)/t14-,20?/m1/s1. The number of aliphatic carboxylic acids is 1. The summed E-state index contributed by atoms with van der Waals surface area (Å²) in [5.74, 6) is -1.76. The lowest BCUT2D eigenvalue weighted by Gasteiger charge is -2.20. The molecule has 2 amide bonds. The van der Waals surface area contributed by atoms with E-state index in [2.05, 4.69) is 22.8 Å². The summed E-state index contributed by atoms with van der Waals surface area (Å²) >= 11 is 0. The van der Waals surface area contributed by atoms with E-state index in [9.17, 15) is 14.4 Å². The number of carboxylic acid groups (broad SMARTS) is 1. The lowest BCUT2D eigenvalue weighted by atomic mass is 9.98. The summed E-state index contributed by atoms with van der Waals surface area (Å²) in [4.78, 5) is 35.7. The van der Waals surface area contributed by atoms with E-state index in [1.54, 1.807) is 0 Å². The van der Waals surface area contributed by atoms with Crippen molar-refractivity contribution in [3.8, 4) is 11.1 Å². The van der Waals surface area contributed by atoms with Gasteiger partial charge in [0.2, 0.25) is 5.91 Å². The van der Waals surface area contributed by atoms with Crippen molar-refractivity contribution in [2.45, 2.75) is 44.7 Å². The molecule has 0 spiro atoms. The van der Waals surface area contributed by atoms with Gasteiger partial charge in [-0.15, -0.1) is 0 Å². The summed E-state index contributed by atoms with van der Waals surface area (Å²) in [5, 5.41) is 13.9. The molecule has 3 rings (SSSR count). The highest BCUT2D eigenvalue weighted by molar-refractivity contribution is 5.89. The molecule has 7 heteroatoms. The van der Waals surface area contributed by atoms with Crippen LogP contribution in [0.25, 0.3) is 11.1 Å². The molecular weight excluding hydrogens is 384 g/mol. The van der Waals surface area contributed by atoms with Crippen molar-refractivity contribution in [3.05, 3.63) is 59.7 Å². The average Bonchev–Trinajstić information content (AvgIpc) is 3.05. The zero-order valence-corrected chi connectivity index (χ0v) is 17.1. The van der Waals surface area contributed by atoms with Gasteiger partial charge >= 0.3 is 12.1 Å². The van der Waals surface area contributed by atoms with Crippen LogP contribution in [0.5, 0.6) is 0 Å². The van der Waals surface area contributed by atoms with Gasteiger partial charge in [-0.05, 0) is 35.6 Å². The van der Waals surface area contributed by atoms with Crippen LogP contribution in [0.3, 0.4) is 0 Å². The van der Waals surface area contributed by atoms with E-state index in [4.69, 9.17) is 9.84 Å². The number of hydrogen-bond acceptors (Lipinski definition) is 4. The van der Waals surface area contributed by atoms with Gasteiger partial charge in [0, 0.05) is 5.92 Å². The molecule has 158 valence electrons. The second kappa shape index (κ2) is 9.43. The van der Waals surface area contributed by atoms with E-state index in [0.717, 1.165) is 22.3 Å². The number of rotatable bonds is 8. The summed E-state index contributed by atoms with van der Waals surface area (Å²) in [7, 11) is 0. The van der Waals surface area contributed by atoms with Crippen LogP contribution in [0.15, 0.2) is 48.5 Å². The average molecular weight is 410 g/mol. The van der Waals surface area contributed by atoms with Crippen molar-refractivity contribution in [1.82, 2.24) is 10.6 Å². The van der Waals surface area contributed by atoms with Crippen LogP contribution in [0, 0.1) is 0 Å². The van der Waals surface area contributed by atoms with Gasteiger partial charge in [0.25, 0.3) is 0 Å². The number of carboxylic acids is 1. The van der Waals surface area contributed by atoms with Gasteiger partial charge < -0.3 is 20.5 Å². The van der Waals surface area contributed by atoms with Gasteiger partial charge in [-0.25, -0.2) is 4.79 Å². The number of fused-ring (bicyclic) bond motifs is 3. The van der Waals surface area contributed by atoms with Crippen molar-refractivity contribution < 1.29 is 24.2 Å². The van der Waals surface area contributed by atoms with E-state index in [1.807, 2.05) is 43.3 Å². The number of carbonyl (C=O) groups is 3. The Bertz CT molecular complexity index is 897. The molecule has 1 unspecified atom stereocenters. The molecule has 0 saturated heterocycles. The maximum Gasteiger partial charge on any atom is 0.407 e. The van der Waals surface area contributed by atoms with Gasteiger partial charge in [-0.1, -0.05) is 61.9 Å². The quantitative estimate of drug-likeness (QED) is 0.619. The van der Waals surface area contributed by atoms with Gasteiger partial charge in [-0.3, -0.25) is 9.59 Å². The lowest BCUT2D eigenvalue weighted by Crippen LogP contribution is -2.50. The Morgan fingerprint density at radius 2 is 1.57 bits per heavy atom. The maximum absolute atomic E-state index is 12.4. The number of amides is 2. The topological polar surface area (TPSA) is 105 Å². The van der Waals surface area contributed by atoms with Crippen LogP contribution < -0.4 is 10.6 Å². The molecule has 0 aliphatic heterocycles. The number of ether oxygens (including phenoxy) is 1. The van der Waals surface area contributed by atoms with E-state index >= 15 is 0 Å². The van der Waals surface area contributed by atoms with Crippen LogP contribution in [-0.2, 0) is 14.3 Å². The number of carbonyl (C=O) groups excluding carboxylic acids is 2. The summed E-state index contributed by atoms with van der Waals surface area (Å²) in [5.41, 5.74) is 4.47. The first-order valence-corrected chi connectivity index (χ1v) is 10.1. The Morgan fingerprint density at radius 3 is 2.10 bits per heavy atom. The molecular formula is C23H26N2O5. The first kappa shape index (κ1) is 21.4. The van der Waals surface area contributed by atoms with Crippen LogP contribution in [0.1, 0.15) is 43.7 Å². The van der Waals surface area contributed by atoms with E-state index in [0.29, 0.717) is 12.8 Å². The third-order valence-corrected chi connectivity index (χ3v) is 5.26. The molecule has 0 saturated carbocycles. The van der Waals surface area contributed by atoms with Gasteiger partial charge in [0.15, 0.2) is 0 Å². The predicted molar refractivity (Wildman–Crippen MR) is 112 cm³/mol. The van der Waals surface area contributed by atoms with Crippen LogP contribution >= 0.6 is 0 Å². The van der Waals surface area contributed by atoms with Gasteiger partial charge in [-0.2, -0.15) is 0 Å². The highest BCUT2D eigenvalue weighted by atomic mass is 16.5. The van der Waals surface area contributed by atoms with Crippen LogP contribution in [0.2, 0.25) is 0 Å². The van der Waals surface area contributed by atoms with Crippen molar-refractivity contribution >= 4 is 18.0 Å². The van der Waals surface area contributed by atoms with Crippen LogP contribution in [-0.4, -0.2) is 41.8 Å². The summed E-state index contributed by atoms with van der Waals surface area (Å²) in [6, 6.07) is 14.2. The van der Waals surface area contributed by atoms with E-state index in [1.165, 1.54) is 6.92 Å². The highest BCUT2D eigenvalue weighted by Gasteiger charge is 2.30. The van der Waals surface area contributed by atoms with Gasteiger partial charge in [0.1, 0.15) is 18.7 Å². The Labute approximate surface area is 175 Å². The normalized spacial score (nSPS) is 14.2. The number of nitrogens with one attached hydrogen (secondary N) is 2. The zero-order chi connectivity index (χ0) is 21.7. The molecule has 3 N–H and O–H groups in total. The maximum atomic E-state index is 12.4. The number of benzene rings is 2. The smallest absolute Gasteiger partial charge is 0.407 e. The molecule has 0 bridgehead atoms. The van der Waals surface area contributed by atoms with E-state index < -0.39 is 30.1 Å². The molecule has 2 atom stereocenters. The zero-order valence-electron chi connectivity index (χ0n) is 17.1. The lowest BCUT2D eigenvalue weighted by molar-refractivity contribution is -0.141. The molecule has 7 nitrogen and oxygen atoms in total. The second-order valence-electron chi connectivity index (χ2n) is 7.38. The summed E-state index contributed by atoms with van der Waals surface area (Å²) in [6.45, 7) is 3.39. The Balaban J connectivity index is 1.65. The number of hydrogen-bond donors (Lipinski definition) is 3. The second-order valence-corrected chi connectivity index (χ2v) is 7.38. The Hall–Kier alpha value is -3.35. The van der Waals surface area contributed by atoms with Crippen molar-refractivity contribution in [2.24, 2.45) is 0 Å². The predicted octanol–water partition coefficient (Wildman–Crippen LogP) is 3.28. The summed E-state index contributed by atoms with van der Waals surface area (Å²) in [6.07, 6.45) is 0.319. The van der Waals surface area contributed by atoms with Crippen LogP contribution in [0.4, 0.5) is 4.79 Å². The first-order chi connectivity index (χ1) is 14.4. The minimum atomic E-state index is -1.14. The first-order valence-electron chi connectivity index (χ1n) is 10.1. The fourth-order valence-electron chi connectivity index (χ4n) is 3.72.